The molecule has 0 radical (unpaired) electrons. The first-order valence-electron chi connectivity index (χ1n) is 6.28. The Labute approximate surface area is 103 Å². The molecule has 1 heterocycles. The smallest absolute Gasteiger partial charge is 0.323 e. The van der Waals surface area contributed by atoms with Crippen LogP contribution in [0.3, 0.4) is 0 Å². The van der Waals surface area contributed by atoms with Gasteiger partial charge in [-0.25, -0.2) is 0 Å². The van der Waals surface area contributed by atoms with Gasteiger partial charge in [-0.05, 0) is 32.1 Å². The quantitative estimate of drug-likeness (QED) is 0.694. The SMILES string of the molecule is CCCC(C(=O)OCC)N1CCCSCC1. The second-order valence-corrected chi connectivity index (χ2v) is 5.28. The van der Waals surface area contributed by atoms with E-state index >= 15 is 0 Å². The van der Waals surface area contributed by atoms with Crippen LogP contribution in [0.1, 0.15) is 33.1 Å². The van der Waals surface area contributed by atoms with Crippen molar-refractivity contribution in [2.75, 3.05) is 31.2 Å². The number of esters is 1. The fourth-order valence-corrected chi connectivity index (χ4v) is 2.94. The van der Waals surface area contributed by atoms with Gasteiger partial charge in [0.25, 0.3) is 0 Å². The summed E-state index contributed by atoms with van der Waals surface area (Å²) in [5.41, 5.74) is 0. The van der Waals surface area contributed by atoms with E-state index in [0.717, 1.165) is 31.7 Å². The van der Waals surface area contributed by atoms with Crippen LogP contribution >= 0.6 is 11.8 Å². The van der Waals surface area contributed by atoms with E-state index in [-0.39, 0.29) is 12.0 Å². The molecule has 1 fully saturated rings. The lowest BCUT2D eigenvalue weighted by Crippen LogP contribution is -2.43. The van der Waals surface area contributed by atoms with Crippen molar-refractivity contribution in [2.24, 2.45) is 0 Å². The van der Waals surface area contributed by atoms with Crippen molar-refractivity contribution in [3.63, 3.8) is 0 Å². The number of nitrogens with zero attached hydrogens (tertiary/aromatic N) is 1. The molecule has 3 nitrogen and oxygen atoms in total. The number of ether oxygens (including phenoxy) is 1. The van der Waals surface area contributed by atoms with Crippen molar-refractivity contribution in [1.29, 1.82) is 0 Å². The molecule has 0 aliphatic carbocycles. The van der Waals surface area contributed by atoms with Crippen LogP contribution in [0.5, 0.6) is 0 Å². The highest BCUT2D eigenvalue weighted by Crippen LogP contribution is 2.16. The Kier molecular flexibility index (Phi) is 6.88. The fraction of sp³-hybridized carbons (Fsp3) is 0.917. The Hall–Kier alpha value is -0.220. The molecule has 1 atom stereocenters. The van der Waals surface area contributed by atoms with E-state index in [2.05, 4.69) is 11.8 Å². The van der Waals surface area contributed by atoms with Crippen LogP contribution in [0.15, 0.2) is 0 Å². The molecule has 0 N–H and O–H groups in total. The van der Waals surface area contributed by atoms with Crippen LogP contribution in [0.2, 0.25) is 0 Å². The van der Waals surface area contributed by atoms with Crippen LogP contribution in [0.25, 0.3) is 0 Å². The van der Waals surface area contributed by atoms with E-state index in [1.54, 1.807) is 0 Å². The van der Waals surface area contributed by atoms with Crippen molar-refractivity contribution in [2.45, 2.75) is 39.2 Å². The van der Waals surface area contributed by atoms with E-state index < -0.39 is 0 Å². The van der Waals surface area contributed by atoms with Crippen molar-refractivity contribution in [3.05, 3.63) is 0 Å². The van der Waals surface area contributed by atoms with E-state index in [4.69, 9.17) is 4.74 Å². The Morgan fingerprint density at radius 2 is 2.19 bits per heavy atom. The molecule has 0 bridgehead atoms. The largest absolute Gasteiger partial charge is 0.465 e. The second kappa shape index (κ2) is 7.96. The lowest BCUT2D eigenvalue weighted by atomic mass is 10.1. The van der Waals surface area contributed by atoms with Gasteiger partial charge in [-0.15, -0.1) is 0 Å². The lowest BCUT2D eigenvalue weighted by molar-refractivity contribution is -0.149. The van der Waals surface area contributed by atoms with Crippen molar-refractivity contribution in [1.82, 2.24) is 4.90 Å². The molecule has 1 aliphatic heterocycles. The van der Waals surface area contributed by atoms with Gasteiger partial charge in [0.05, 0.1) is 6.61 Å². The lowest BCUT2D eigenvalue weighted by Gasteiger charge is -2.28. The normalized spacial score (nSPS) is 20.1. The van der Waals surface area contributed by atoms with E-state index in [9.17, 15) is 4.79 Å². The topological polar surface area (TPSA) is 29.5 Å². The first-order chi connectivity index (χ1) is 7.79. The summed E-state index contributed by atoms with van der Waals surface area (Å²) in [5, 5.41) is 0. The standard InChI is InChI=1S/C12H23NO2S/c1-3-6-11(12(14)15-4-2)13-7-5-9-16-10-8-13/h11H,3-10H2,1-2H3. The number of hydrogen-bond donors (Lipinski definition) is 0. The molecule has 1 rings (SSSR count). The third-order valence-electron chi connectivity index (χ3n) is 2.82. The number of carbonyl (C=O) groups is 1. The number of rotatable bonds is 5. The Bertz CT molecular complexity index is 203. The van der Waals surface area contributed by atoms with Crippen molar-refractivity contribution in [3.8, 4) is 0 Å². The minimum atomic E-state index is -0.0312. The molecule has 1 unspecified atom stereocenters. The van der Waals surface area contributed by atoms with E-state index in [1.165, 1.54) is 12.2 Å². The summed E-state index contributed by atoms with van der Waals surface area (Å²) in [5.74, 6) is 2.33. The first kappa shape index (κ1) is 13.8. The molecule has 0 aromatic heterocycles. The molecule has 1 saturated heterocycles. The zero-order chi connectivity index (χ0) is 11.8. The van der Waals surface area contributed by atoms with E-state index in [0.29, 0.717) is 6.61 Å². The predicted octanol–water partition coefficient (Wildman–Crippen LogP) is 2.16. The summed E-state index contributed by atoms with van der Waals surface area (Å²) in [6.45, 7) is 6.55. The molecule has 16 heavy (non-hydrogen) atoms. The highest BCUT2D eigenvalue weighted by atomic mass is 32.2. The summed E-state index contributed by atoms with van der Waals surface area (Å²) in [7, 11) is 0. The average molecular weight is 245 g/mol. The van der Waals surface area contributed by atoms with Gasteiger partial charge >= 0.3 is 5.97 Å². The molecule has 1 aliphatic rings. The molecule has 0 saturated carbocycles. The molecule has 94 valence electrons. The summed E-state index contributed by atoms with van der Waals surface area (Å²) >= 11 is 1.99. The maximum absolute atomic E-state index is 11.9. The third kappa shape index (κ3) is 4.34. The Morgan fingerprint density at radius 3 is 2.88 bits per heavy atom. The molecular weight excluding hydrogens is 222 g/mol. The van der Waals surface area contributed by atoms with Gasteiger partial charge in [-0.2, -0.15) is 11.8 Å². The summed E-state index contributed by atoms with van der Waals surface area (Å²) in [6, 6.07) is -0.0105. The first-order valence-corrected chi connectivity index (χ1v) is 7.43. The zero-order valence-corrected chi connectivity index (χ0v) is 11.2. The maximum atomic E-state index is 11.9. The molecule has 0 aromatic rings. The highest BCUT2D eigenvalue weighted by molar-refractivity contribution is 7.99. The summed E-state index contributed by atoms with van der Waals surface area (Å²) < 4.78 is 5.16. The molecule has 4 heteroatoms. The Balaban J connectivity index is 2.55. The number of thioether (sulfide) groups is 1. The minimum Gasteiger partial charge on any atom is -0.465 e. The van der Waals surface area contributed by atoms with Crippen molar-refractivity contribution < 1.29 is 9.53 Å². The maximum Gasteiger partial charge on any atom is 0.323 e. The molecular formula is C12H23NO2S. The minimum absolute atomic E-state index is 0.0105. The monoisotopic (exact) mass is 245 g/mol. The van der Waals surface area contributed by atoms with Gasteiger partial charge in [-0.3, -0.25) is 9.69 Å². The number of hydrogen-bond acceptors (Lipinski definition) is 4. The van der Waals surface area contributed by atoms with Gasteiger partial charge in [0.15, 0.2) is 0 Å². The summed E-state index contributed by atoms with van der Waals surface area (Å²) in [6.07, 6.45) is 3.14. The van der Waals surface area contributed by atoms with Crippen LogP contribution in [0, 0.1) is 0 Å². The van der Waals surface area contributed by atoms with Gasteiger partial charge < -0.3 is 4.74 Å². The van der Waals surface area contributed by atoms with Crippen LogP contribution < -0.4 is 0 Å². The van der Waals surface area contributed by atoms with Crippen molar-refractivity contribution >= 4 is 17.7 Å². The zero-order valence-electron chi connectivity index (χ0n) is 10.4. The Morgan fingerprint density at radius 1 is 1.38 bits per heavy atom. The third-order valence-corrected chi connectivity index (χ3v) is 3.87. The predicted molar refractivity (Wildman–Crippen MR) is 68.8 cm³/mol. The molecule has 0 aromatic carbocycles. The summed E-state index contributed by atoms with van der Waals surface area (Å²) in [4.78, 5) is 14.2. The van der Waals surface area contributed by atoms with Gasteiger partial charge in [0.1, 0.15) is 6.04 Å². The number of carbonyl (C=O) groups excluding carboxylic acids is 1. The van der Waals surface area contributed by atoms with Gasteiger partial charge in [-0.1, -0.05) is 13.3 Å². The van der Waals surface area contributed by atoms with Crippen LogP contribution in [-0.2, 0) is 9.53 Å². The van der Waals surface area contributed by atoms with Crippen LogP contribution in [-0.4, -0.2) is 48.1 Å². The molecule has 0 spiro atoms. The van der Waals surface area contributed by atoms with Gasteiger partial charge in [0.2, 0.25) is 0 Å². The molecule has 0 amide bonds. The average Bonchev–Trinajstić information content (AvgIpc) is 2.54. The second-order valence-electron chi connectivity index (χ2n) is 4.06. The van der Waals surface area contributed by atoms with Crippen LogP contribution in [0.4, 0.5) is 0 Å². The fourth-order valence-electron chi connectivity index (χ4n) is 2.04. The van der Waals surface area contributed by atoms with E-state index in [1.807, 2.05) is 18.7 Å². The highest BCUT2D eigenvalue weighted by Gasteiger charge is 2.26. The van der Waals surface area contributed by atoms with Gasteiger partial charge in [0, 0.05) is 12.3 Å².